The molecule has 0 heterocycles. The van der Waals surface area contributed by atoms with Crippen LogP contribution in [0.3, 0.4) is 0 Å². The van der Waals surface area contributed by atoms with Crippen molar-refractivity contribution in [2.24, 2.45) is 5.92 Å². The number of rotatable bonds is 0. The Morgan fingerprint density at radius 1 is 1.50 bits per heavy atom. The molecule has 0 aromatic carbocycles. The molecule has 1 N–H and O–H groups in total. The molecule has 0 amide bonds. The minimum Gasteiger partial charge on any atom is -0.390 e. The van der Waals surface area contributed by atoms with Crippen molar-refractivity contribution in [1.29, 1.82) is 0 Å². The summed E-state index contributed by atoms with van der Waals surface area (Å²) in [7, 11) is 0. The first-order valence-electron chi connectivity index (χ1n) is 2.85. The molecule has 1 aliphatic carbocycles. The number of halogens is 1. The van der Waals surface area contributed by atoms with E-state index in [9.17, 15) is 4.39 Å². The van der Waals surface area contributed by atoms with E-state index in [0.29, 0.717) is 12.8 Å². The van der Waals surface area contributed by atoms with E-state index in [4.69, 9.17) is 5.11 Å². The number of alkyl halides is 1. The summed E-state index contributed by atoms with van der Waals surface area (Å²) in [6.45, 7) is 3.64. The SMILES string of the molecule is [CH2]C1CC(O)C(F)C1. The summed E-state index contributed by atoms with van der Waals surface area (Å²) >= 11 is 0. The average Bonchev–Trinajstić information content (AvgIpc) is 1.85. The summed E-state index contributed by atoms with van der Waals surface area (Å²) in [4.78, 5) is 0. The molecule has 1 radical (unpaired) electrons. The molecule has 0 spiro atoms. The van der Waals surface area contributed by atoms with E-state index >= 15 is 0 Å². The Hall–Kier alpha value is -0.110. The summed E-state index contributed by atoms with van der Waals surface area (Å²) in [6, 6.07) is 0. The third-order valence-electron chi connectivity index (χ3n) is 1.55. The van der Waals surface area contributed by atoms with Gasteiger partial charge < -0.3 is 5.11 Å². The lowest BCUT2D eigenvalue weighted by Gasteiger charge is -2.00. The number of aliphatic hydroxyl groups excluding tert-OH is 1. The molecule has 3 atom stereocenters. The minimum absolute atomic E-state index is 0.125. The van der Waals surface area contributed by atoms with Gasteiger partial charge in [0, 0.05) is 0 Å². The summed E-state index contributed by atoms with van der Waals surface area (Å²) in [5, 5.41) is 8.75. The fraction of sp³-hybridized carbons (Fsp3) is 0.833. The maximum atomic E-state index is 12.3. The van der Waals surface area contributed by atoms with Gasteiger partial charge in [-0.05, 0) is 25.7 Å². The normalized spacial score (nSPS) is 47.6. The molecule has 1 nitrogen and oxygen atoms in total. The maximum Gasteiger partial charge on any atom is 0.126 e. The van der Waals surface area contributed by atoms with Crippen LogP contribution >= 0.6 is 0 Å². The first-order valence-corrected chi connectivity index (χ1v) is 2.85. The number of aliphatic hydroxyl groups is 1. The van der Waals surface area contributed by atoms with Crippen LogP contribution in [0, 0.1) is 12.8 Å². The summed E-state index contributed by atoms with van der Waals surface area (Å²) in [5.74, 6) is 0.125. The second-order valence-corrected chi connectivity index (χ2v) is 2.42. The zero-order valence-corrected chi connectivity index (χ0v) is 4.68. The van der Waals surface area contributed by atoms with E-state index in [2.05, 4.69) is 6.92 Å². The Morgan fingerprint density at radius 3 is 2.25 bits per heavy atom. The quantitative estimate of drug-likeness (QED) is 0.500. The van der Waals surface area contributed by atoms with Crippen molar-refractivity contribution in [2.75, 3.05) is 0 Å². The average molecular weight is 117 g/mol. The van der Waals surface area contributed by atoms with Crippen LogP contribution in [0.1, 0.15) is 12.8 Å². The van der Waals surface area contributed by atoms with Crippen LogP contribution in [0.2, 0.25) is 0 Å². The fourth-order valence-electron chi connectivity index (χ4n) is 1.06. The largest absolute Gasteiger partial charge is 0.390 e. The standard InChI is InChI=1S/C6H10FO/c1-4-2-5(7)6(8)3-4/h4-6,8H,1-3H2. The predicted octanol–water partition coefficient (Wildman–Crippen LogP) is 0.929. The Bertz CT molecular complexity index is 74.6. The zero-order valence-electron chi connectivity index (χ0n) is 4.68. The molecule has 0 saturated heterocycles. The van der Waals surface area contributed by atoms with Crippen molar-refractivity contribution in [3.8, 4) is 0 Å². The van der Waals surface area contributed by atoms with E-state index in [1.165, 1.54) is 0 Å². The van der Waals surface area contributed by atoms with Crippen molar-refractivity contribution >= 4 is 0 Å². The van der Waals surface area contributed by atoms with Crippen molar-refractivity contribution in [2.45, 2.75) is 25.1 Å². The van der Waals surface area contributed by atoms with Gasteiger partial charge in [-0.1, -0.05) is 0 Å². The Labute approximate surface area is 48.5 Å². The second kappa shape index (κ2) is 2.02. The van der Waals surface area contributed by atoms with Crippen LogP contribution in [0.4, 0.5) is 4.39 Å². The van der Waals surface area contributed by atoms with Gasteiger partial charge in [0.25, 0.3) is 0 Å². The van der Waals surface area contributed by atoms with Gasteiger partial charge in [0.2, 0.25) is 0 Å². The predicted molar refractivity (Wildman–Crippen MR) is 29.0 cm³/mol. The lowest BCUT2D eigenvalue weighted by atomic mass is 10.1. The van der Waals surface area contributed by atoms with Crippen LogP contribution in [-0.4, -0.2) is 17.4 Å². The molecule has 2 heteroatoms. The van der Waals surface area contributed by atoms with Crippen LogP contribution in [0.15, 0.2) is 0 Å². The van der Waals surface area contributed by atoms with Gasteiger partial charge in [-0.2, -0.15) is 0 Å². The van der Waals surface area contributed by atoms with Gasteiger partial charge in [-0.15, -0.1) is 0 Å². The highest BCUT2D eigenvalue weighted by atomic mass is 19.1. The Morgan fingerprint density at radius 2 is 2.12 bits per heavy atom. The Kier molecular flexibility index (Phi) is 1.52. The fourth-order valence-corrected chi connectivity index (χ4v) is 1.06. The van der Waals surface area contributed by atoms with E-state index < -0.39 is 12.3 Å². The molecule has 0 aromatic rings. The van der Waals surface area contributed by atoms with E-state index in [1.807, 2.05) is 0 Å². The molecule has 3 unspecified atom stereocenters. The first-order chi connectivity index (χ1) is 3.70. The first kappa shape index (κ1) is 6.02. The van der Waals surface area contributed by atoms with Gasteiger partial charge in [0.15, 0.2) is 0 Å². The summed E-state index contributed by atoms with van der Waals surface area (Å²) in [5.41, 5.74) is 0. The van der Waals surface area contributed by atoms with Crippen molar-refractivity contribution in [3.63, 3.8) is 0 Å². The maximum absolute atomic E-state index is 12.3. The molecule has 47 valence electrons. The topological polar surface area (TPSA) is 20.2 Å². The molecule has 0 aromatic heterocycles. The molecule has 1 fully saturated rings. The molecule has 1 rings (SSSR count). The lowest BCUT2D eigenvalue weighted by molar-refractivity contribution is 0.103. The molecular weight excluding hydrogens is 107 g/mol. The van der Waals surface area contributed by atoms with Crippen LogP contribution in [0.5, 0.6) is 0 Å². The van der Waals surface area contributed by atoms with E-state index in [-0.39, 0.29) is 5.92 Å². The van der Waals surface area contributed by atoms with Crippen LogP contribution < -0.4 is 0 Å². The highest BCUT2D eigenvalue weighted by Gasteiger charge is 2.29. The molecule has 0 bridgehead atoms. The second-order valence-electron chi connectivity index (χ2n) is 2.42. The lowest BCUT2D eigenvalue weighted by Crippen LogP contribution is -2.12. The van der Waals surface area contributed by atoms with E-state index in [0.717, 1.165) is 0 Å². The van der Waals surface area contributed by atoms with Crippen LogP contribution in [0.25, 0.3) is 0 Å². The zero-order chi connectivity index (χ0) is 6.15. The van der Waals surface area contributed by atoms with Crippen molar-refractivity contribution in [3.05, 3.63) is 6.92 Å². The van der Waals surface area contributed by atoms with Crippen molar-refractivity contribution < 1.29 is 9.50 Å². The van der Waals surface area contributed by atoms with Gasteiger partial charge in [0.05, 0.1) is 6.10 Å². The van der Waals surface area contributed by atoms with Crippen molar-refractivity contribution in [1.82, 2.24) is 0 Å². The highest BCUT2D eigenvalue weighted by molar-refractivity contribution is 4.83. The van der Waals surface area contributed by atoms with E-state index in [1.54, 1.807) is 0 Å². The third-order valence-corrected chi connectivity index (χ3v) is 1.55. The van der Waals surface area contributed by atoms with Crippen LogP contribution in [-0.2, 0) is 0 Å². The van der Waals surface area contributed by atoms with Gasteiger partial charge in [0.1, 0.15) is 6.17 Å². The Balaban J connectivity index is 2.39. The van der Waals surface area contributed by atoms with Gasteiger partial charge in [-0.3, -0.25) is 0 Å². The summed E-state index contributed by atoms with van der Waals surface area (Å²) < 4.78 is 12.3. The third kappa shape index (κ3) is 0.996. The molecule has 8 heavy (non-hydrogen) atoms. The van der Waals surface area contributed by atoms with Gasteiger partial charge in [-0.25, -0.2) is 4.39 Å². The number of hydrogen-bond acceptors (Lipinski definition) is 1. The minimum atomic E-state index is -1.02. The molecular formula is C6H10FO. The smallest absolute Gasteiger partial charge is 0.126 e. The summed E-state index contributed by atoms with van der Waals surface area (Å²) in [6.07, 6.45) is -0.794. The monoisotopic (exact) mass is 117 g/mol. The molecule has 0 aliphatic heterocycles. The number of hydrogen-bond donors (Lipinski definition) is 1. The highest BCUT2D eigenvalue weighted by Crippen LogP contribution is 2.26. The molecule has 1 aliphatic rings. The van der Waals surface area contributed by atoms with Gasteiger partial charge >= 0.3 is 0 Å². The molecule has 1 saturated carbocycles.